The molecule has 4 atom stereocenters. The molecule has 1 aliphatic heterocycles. The quantitative estimate of drug-likeness (QED) is 0.684. The number of fused-ring (bicyclic) bond motifs is 1. The van der Waals surface area contributed by atoms with Crippen molar-refractivity contribution in [3.05, 3.63) is 18.5 Å². The summed E-state index contributed by atoms with van der Waals surface area (Å²) in [5, 5.41) is 19.3. The van der Waals surface area contributed by atoms with Crippen LogP contribution in [0.5, 0.6) is 0 Å². The summed E-state index contributed by atoms with van der Waals surface area (Å²) in [6.45, 7) is -0.450. The van der Waals surface area contributed by atoms with E-state index in [1.165, 1.54) is 10.8 Å². The molecule has 2 aromatic rings. The van der Waals surface area contributed by atoms with E-state index in [1.807, 2.05) is 0 Å². The topological polar surface area (TPSA) is 106 Å². The second-order valence-corrected chi connectivity index (χ2v) is 4.41. The average molecular weight is 268 g/mol. The summed E-state index contributed by atoms with van der Waals surface area (Å²) in [5.74, 6) is 0.0695. The third-order valence-corrected chi connectivity index (χ3v) is 3.22. The van der Waals surface area contributed by atoms with Crippen molar-refractivity contribution >= 4 is 17.0 Å². The van der Waals surface area contributed by atoms with E-state index in [2.05, 4.69) is 9.97 Å². The Morgan fingerprint density at radius 3 is 3.00 bits per heavy atom. The molecular weight excluding hydrogens is 255 g/mol. The van der Waals surface area contributed by atoms with E-state index >= 15 is 0 Å². The van der Waals surface area contributed by atoms with Crippen molar-refractivity contribution in [1.82, 2.24) is 14.5 Å². The molecule has 2 aromatic heterocycles. The number of alkyl halides is 1. The smallest absolute Gasteiger partial charge is 0.221 e. The average Bonchev–Trinajstić information content (AvgIpc) is 2.92. The summed E-state index contributed by atoms with van der Waals surface area (Å²) in [6, 6.07) is 1.70. The first kappa shape index (κ1) is 12.3. The molecule has 19 heavy (non-hydrogen) atoms. The lowest BCUT2D eigenvalue weighted by molar-refractivity contribution is -0.0457. The third kappa shape index (κ3) is 1.84. The number of nitrogens with two attached hydrogens (primary N) is 1. The van der Waals surface area contributed by atoms with E-state index < -0.39 is 31.2 Å². The lowest BCUT2D eigenvalue weighted by Gasteiger charge is -2.15. The van der Waals surface area contributed by atoms with E-state index in [0.29, 0.717) is 11.0 Å². The van der Waals surface area contributed by atoms with Crippen LogP contribution in [-0.2, 0) is 4.74 Å². The predicted molar refractivity (Wildman–Crippen MR) is 63.8 cm³/mol. The molecule has 0 amide bonds. The highest BCUT2D eigenvalue weighted by atomic mass is 19.1. The van der Waals surface area contributed by atoms with E-state index in [9.17, 15) is 9.50 Å². The second kappa shape index (κ2) is 4.41. The van der Waals surface area contributed by atoms with Crippen LogP contribution in [0.4, 0.5) is 10.3 Å². The van der Waals surface area contributed by atoms with Crippen molar-refractivity contribution in [2.24, 2.45) is 0 Å². The van der Waals surface area contributed by atoms with Crippen LogP contribution in [0.1, 0.15) is 6.23 Å². The molecule has 3 heterocycles. The fourth-order valence-electron chi connectivity index (χ4n) is 2.23. The number of rotatable bonds is 2. The van der Waals surface area contributed by atoms with E-state index in [1.54, 1.807) is 12.3 Å². The van der Waals surface area contributed by atoms with Gasteiger partial charge in [0, 0.05) is 17.8 Å². The van der Waals surface area contributed by atoms with E-state index in [-0.39, 0.29) is 5.95 Å². The Kier molecular flexibility index (Phi) is 2.85. The van der Waals surface area contributed by atoms with Crippen LogP contribution >= 0.6 is 0 Å². The van der Waals surface area contributed by atoms with Gasteiger partial charge in [0.25, 0.3) is 0 Å². The lowest BCUT2D eigenvalue weighted by Crippen LogP contribution is -2.30. The molecule has 0 aromatic carbocycles. The lowest BCUT2D eigenvalue weighted by atomic mass is 10.1. The first-order valence-corrected chi connectivity index (χ1v) is 5.79. The van der Waals surface area contributed by atoms with Crippen LogP contribution in [0.15, 0.2) is 18.5 Å². The van der Waals surface area contributed by atoms with Gasteiger partial charge in [0.15, 0.2) is 12.4 Å². The molecule has 102 valence electrons. The standard InChI is InChI=1S/C11H13FN4O3/c12-7-8(18)6(4-17)19-10(7)16-2-1-5-3-14-11(13)15-9(5)16/h1-3,6-8,10,17-18H,4H2,(H2,13,14,15)/t6-,7+,8-,10-/m1/s1. The maximum Gasteiger partial charge on any atom is 0.221 e. The Morgan fingerprint density at radius 1 is 1.53 bits per heavy atom. The number of halogens is 1. The van der Waals surface area contributed by atoms with Crippen molar-refractivity contribution in [2.75, 3.05) is 12.3 Å². The van der Waals surface area contributed by atoms with Gasteiger partial charge in [-0.25, -0.2) is 9.37 Å². The molecule has 3 rings (SSSR count). The third-order valence-electron chi connectivity index (χ3n) is 3.22. The SMILES string of the molecule is Nc1ncc2ccn([C@@H]3O[C@H](CO)[C@@H](O)[C@@H]3F)c2n1. The number of ether oxygens (including phenoxy) is 1. The summed E-state index contributed by atoms with van der Waals surface area (Å²) >= 11 is 0. The first-order valence-electron chi connectivity index (χ1n) is 5.79. The van der Waals surface area contributed by atoms with Crippen LogP contribution in [0, 0.1) is 0 Å². The van der Waals surface area contributed by atoms with Gasteiger partial charge in [0.05, 0.1) is 6.61 Å². The zero-order valence-electron chi connectivity index (χ0n) is 9.85. The molecule has 1 saturated heterocycles. The molecule has 0 saturated carbocycles. The fraction of sp³-hybridized carbons (Fsp3) is 0.455. The van der Waals surface area contributed by atoms with Gasteiger partial charge in [0.2, 0.25) is 5.95 Å². The van der Waals surface area contributed by atoms with Crippen molar-refractivity contribution in [3.63, 3.8) is 0 Å². The minimum absolute atomic E-state index is 0.0695. The summed E-state index contributed by atoms with van der Waals surface area (Å²) in [6.07, 6.45) is -1.90. The van der Waals surface area contributed by atoms with Crippen molar-refractivity contribution in [2.45, 2.75) is 24.6 Å². The van der Waals surface area contributed by atoms with Gasteiger partial charge >= 0.3 is 0 Å². The molecule has 7 nitrogen and oxygen atoms in total. The highest BCUT2D eigenvalue weighted by Crippen LogP contribution is 2.33. The van der Waals surface area contributed by atoms with Crippen molar-refractivity contribution in [1.29, 1.82) is 0 Å². The number of anilines is 1. The highest BCUT2D eigenvalue weighted by Gasteiger charge is 2.45. The normalized spacial score (nSPS) is 31.1. The molecule has 1 fully saturated rings. The van der Waals surface area contributed by atoms with Crippen LogP contribution in [0.25, 0.3) is 11.0 Å². The molecule has 0 unspecified atom stereocenters. The largest absolute Gasteiger partial charge is 0.394 e. The minimum atomic E-state index is -1.65. The minimum Gasteiger partial charge on any atom is -0.394 e. The first-order chi connectivity index (χ1) is 9.11. The second-order valence-electron chi connectivity index (χ2n) is 4.41. The molecule has 8 heteroatoms. The monoisotopic (exact) mass is 268 g/mol. The number of nitrogens with zero attached hydrogens (tertiary/aromatic N) is 3. The van der Waals surface area contributed by atoms with Gasteiger partial charge in [0.1, 0.15) is 17.9 Å². The van der Waals surface area contributed by atoms with Crippen molar-refractivity contribution in [3.8, 4) is 0 Å². The highest BCUT2D eigenvalue weighted by molar-refractivity contribution is 5.76. The summed E-state index contributed by atoms with van der Waals surface area (Å²) < 4.78 is 20.8. The van der Waals surface area contributed by atoms with Gasteiger partial charge < -0.3 is 25.3 Å². The molecule has 0 radical (unpaired) electrons. The van der Waals surface area contributed by atoms with Gasteiger partial charge in [-0.2, -0.15) is 4.98 Å². The van der Waals surface area contributed by atoms with E-state index in [4.69, 9.17) is 15.6 Å². The fourth-order valence-corrected chi connectivity index (χ4v) is 2.23. The van der Waals surface area contributed by atoms with Gasteiger partial charge in [-0.3, -0.25) is 0 Å². The number of nitrogen functional groups attached to an aromatic ring is 1. The van der Waals surface area contributed by atoms with Gasteiger partial charge in [-0.15, -0.1) is 0 Å². The Hall–Kier alpha value is -1.77. The van der Waals surface area contributed by atoms with Gasteiger partial charge in [-0.1, -0.05) is 0 Å². The molecular formula is C11H13FN4O3. The Labute approximate surface area is 107 Å². The molecule has 1 aliphatic rings. The number of hydrogen-bond donors (Lipinski definition) is 3. The number of aliphatic hydroxyl groups excluding tert-OH is 2. The molecule has 0 aliphatic carbocycles. The van der Waals surface area contributed by atoms with Crippen LogP contribution in [0.3, 0.4) is 0 Å². The number of aromatic nitrogens is 3. The molecule has 4 N–H and O–H groups in total. The zero-order valence-corrected chi connectivity index (χ0v) is 9.85. The van der Waals surface area contributed by atoms with E-state index in [0.717, 1.165) is 0 Å². The summed E-state index contributed by atoms with van der Waals surface area (Å²) in [4.78, 5) is 7.87. The van der Waals surface area contributed by atoms with Gasteiger partial charge in [-0.05, 0) is 6.07 Å². The van der Waals surface area contributed by atoms with Crippen LogP contribution < -0.4 is 5.73 Å². The number of aliphatic hydroxyl groups is 2. The maximum absolute atomic E-state index is 14.0. The Balaban J connectivity index is 2.03. The van der Waals surface area contributed by atoms with Crippen molar-refractivity contribution < 1.29 is 19.3 Å². The molecule has 0 bridgehead atoms. The van der Waals surface area contributed by atoms with Crippen LogP contribution in [0.2, 0.25) is 0 Å². The zero-order chi connectivity index (χ0) is 13.6. The maximum atomic E-state index is 14.0. The Bertz CT molecular complexity index is 605. The predicted octanol–water partition coefficient (Wildman–Crippen LogP) is -0.398. The summed E-state index contributed by atoms with van der Waals surface area (Å²) in [7, 11) is 0. The Morgan fingerprint density at radius 2 is 2.32 bits per heavy atom. The van der Waals surface area contributed by atoms with Crippen LogP contribution in [-0.4, -0.2) is 49.7 Å². The summed E-state index contributed by atoms with van der Waals surface area (Å²) in [5.41, 5.74) is 5.93. The number of hydrogen-bond acceptors (Lipinski definition) is 6. The molecule has 0 spiro atoms.